The summed E-state index contributed by atoms with van der Waals surface area (Å²) in [5.41, 5.74) is 3.67. The van der Waals surface area contributed by atoms with Gasteiger partial charge in [0.05, 0.1) is 10.9 Å². The van der Waals surface area contributed by atoms with Crippen LogP contribution in [-0.2, 0) is 10.0 Å². The van der Waals surface area contributed by atoms with Gasteiger partial charge in [-0.2, -0.15) is 9.61 Å². The molecule has 9 heteroatoms. The quantitative estimate of drug-likeness (QED) is 0.560. The molecule has 5 rings (SSSR count). The third-order valence-electron chi connectivity index (χ3n) is 4.61. The van der Waals surface area contributed by atoms with Crippen LogP contribution in [0.5, 0.6) is 0 Å². The summed E-state index contributed by atoms with van der Waals surface area (Å²) in [4.78, 5) is 4.02. The van der Waals surface area contributed by atoms with Gasteiger partial charge in [0.1, 0.15) is 0 Å². The summed E-state index contributed by atoms with van der Waals surface area (Å²) in [5, 5.41) is 12.8. The number of hydrogen-bond acceptors (Lipinski definition) is 6. The summed E-state index contributed by atoms with van der Waals surface area (Å²) in [6, 6.07) is 14.6. The first kappa shape index (κ1) is 16.8. The van der Waals surface area contributed by atoms with Crippen LogP contribution in [0.4, 0.5) is 5.69 Å². The normalized spacial score (nSPS) is 14.3. The van der Waals surface area contributed by atoms with Gasteiger partial charge in [-0.25, -0.2) is 8.42 Å². The summed E-state index contributed by atoms with van der Waals surface area (Å²) in [5.74, 6) is 0.632. The van der Waals surface area contributed by atoms with Gasteiger partial charge in [0, 0.05) is 29.2 Å². The molecule has 1 aromatic carbocycles. The van der Waals surface area contributed by atoms with Crippen LogP contribution >= 0.6 is 0 Å². The summed E-state index contributed by atoms with van der Waals surface area (Å²) in [6.45, 7) is 0. The van der Waals surface area contributed by atoms with E-state index in [1.807, 2.05) is 36.4 Å². The summed E-state index contributed by atoms with van der Waals surface area (Å²) in [6.07, 6.45) is 4.86. The molecule has 0 saturated heterocycles. The van der Waals surface area contributed by atoms with E-state index < -0.39 is 10.0 Å². The van der Waals surface area contributed by atoms with E-state index >= 15 is 0 Å². The topological polar surface area (TPSA) is 102 Å². The Morgan fingerprint density at radius 2 is 1.64 bits per heavy atom. The number of pyridine rings is 1. The van der Waals surface area contributed by atoms with Gasteiger partial charge in [-0.1, -0.05) is 12.1 Å². The van der Waals surface area contributed by atoms with Crippen molar-refractivity contribution in [2.24, 2.45) is 0 Å². The van der Waals surface area contributed by atoms with Gasteiger partial charge in [0.2, 0.25) is 10.0 Å². The van der Waals surface area contributed by atoms with E-state index in [1.54, 1.807) is 29.0 Å². The van der Waals surface area contributed by atoms with E-state index in [9.17, 15) is 8.42 Å². The van der Waals surface area contributed by atoms with Gasteiger partial charge in [-0.15, -0.1) is 10.2 Å². The van der Waals surface area contributed by atoms with Crippen LogP contribution in [0.15, 0.2) is 60.9 Å². The fraction of sp³-hybridized carbons (Fsp3) is 0.158. The Labute approximate surface area is 161 Å². The lowest BCUT2D eigenvalue weighted by Crippen LogP contribution is -2.17. The molecule has 0 radical (unpaired) electrons. The zero-order valence-electron chi connectivity index (χ0n) is 14.7. The maximum Gasteiger partial charge on any atom is 0.235 e. The molecule has 3 heterocycles. The second-order valence-electron chi connectivity index (χ2n) is 6.67. The molecule has 140 valence electrons. The van der Waals surface area contributed by atoms with Crippen molar-refractivity contribution in [3.05, 3.63) is 60.9 Å². The van der Waals surface area contributed by atoms with Gasteiger partial charge in [-0.05, 0) is 49.2 Å². The molecule has 28 heavy (non-hydrogen) atoms. The molecule has 0 spiro atoms. The van der Waals surface area contributed by atoms with Crippen LogP contribution in [0.3, 0.4) is 0 Å². The molecule has 1 saturated carbocycles. The molecule has 1 aliphatic rings. The standard InChI is InChI=1S/C19H16N6O2S/c26-28(27,16-5-6-16)24-15-3-1-13(2-4-15)17-7-8-18-21-22-19(25(18)23-17)14-9-11-20-12-10-14/h1-4,7-12,16,24H,5-6H2. The number of benzene rings is 1. The van der Waals surface area contributed by atoms with Crippen LogP contribution in [0.25, 0.3) is 28.3 Å². The molecule has 4 aromatic rings. The highest BCUT2D eigenvalue weighted by atomic mass is 32.2. The molecule has 0 atom stereocenters. The SMILES string of the molecule is O=S(=O)(Nc1ccc(-c2ccc3nnc(-c4ccncc4)n3n2)cc1)C1CC1. The lowest BCUT2D eigenvalue weighted by Gasteiger charge is -2.08. The Hall–Kier alpha value is -3.33. The third kappa shape index (κ3) is 3.09. The number of nitrogens with zero attached hydrogens (tertiary/aromatic N) is 5. The number of nitrogens with one attached hydrogen (secondary N) is 1. The fourth-order valence-corrected chi connectivity index (χ4v) is 4.35. The van der Waals surface area contributed by atoms with Crippen molar-refractivity contribution in [2.45, 2.75) is 18.1 Å². The largest absolute Gasteiger partial charge is 0.283 e. The molecular formula is C19H16N6O2S. The second-order valence-corrected chi connectivity index (χ2v) is 8.63. The number of fused-ring (bicyclic) bond motifs is 1. The van der Waals surface area contributed by atoms with Crippen LogP contribution in [0, 0.1) is 0 Å². The van der Waals surface area contributed by atoms with Crippen LogP contribution in [0.2, 0.25) is 0 Å². The zero-order valence-corrected chi connectivity index (χ0v) is 15.5. The Bertz CT molecular complexity index is 1250. The number of aromatic nitrogens is 5. The number of sulfonamides is 1. The number of hydrogen-bond donors (Lipinski definition) is 1. The molecular weight excluding hydrogens is 376 g/mol. The number of anilines is 1. The monoisotopic (exact) mass is 392 g/mol. The lowest BCUT2D eigenvalue weighted by atomic mass is 10.1. The van der Waals surface area contributed by atoms with Gasteiger partial charge in [0.15, 0.2) is 11.5 Å². The first-order valence-electron chi connectivity index (χ1n) is 8.85. The Kier molecular flexibility index (Phi) is 3.83. The second kappa shape index (κ2) is 6.38. The van der Waals surface area contributed by atoms with E-state index in [-0.39, 0.29) is 5.25 Å². The average Bonchev–Trinajstić information content (AvgIpc) is 3.50. The van der Waals surface area contributed by atoms with Crippen molar-refractivity contribution in [3.63, 3.8) is 0 Å². The van der Waals surface area contributed by atoms with E-state index in [0.29, 0.717) is 17.2 Å². The Morgan fingerprint density at radius 1 is 0.893 bits per heavy atom. The van der Waals surface area contributed by atoms with Crippen LogP contribution < -0.4 is 4.72 Å². The minimum absolute atomic E-state index is 0.253. The van der Waals surface area contributed by atoms with Gasteiger partial charge in [-0.3, -0.25) is 9.71 Å². The first-order chi connectivity index (χ1) is 13.6. The average molecular weight is 392 g/mol. The Morgan fingerprint density at radius 3 is 2.36 bits per heavy atom. The fourth-order valence-electron chi connectivity index (χ4n) is 2.96. The molecule has 0 amide bonds. The molecule has 0 aliphatic heterocycles. The Balaban J connectivity index is 1.47. The highest BCUT2D eigenvalue weighted by Crippen LogP contribution is 2.30. The van der Waals surface area contributed by atoms with Gasteiger partial charge in [0.25, 0.3) is 0 Å². The number of rotatable bonds is 5. The smallest absolute Gasteiger partial charge is 0.235 e. The summed E-state index contributed by atoms with van der Waals surface area (Å²) in [7, 11) is -3.27. The third-order valence-corrected chi connectivity index (χ3v) is 6.47. The minimum atomic E-state index is -3.27. The van der Waals surface area contributed by atoms with E-state index in [0.717, 1.165) is 29.7 Å². The van der Waals surface area contributed by atoms with Crippen molar-refractivity contribution < 1.29 is 8.42 Å². The van der Waals surface area contributed by atoms with E-state index in [2.05, 4.69) is 25.0 Å². The van der Waals surface area contributed by atoms with Crippen LogP contribution in [0.1, 0.15) is 12.8 Å². The first-order valence-corrected chi connectivity index (χ1v) is 10.4. The molecule has 8 nitrogen and oxygen atoms in total. The lowest BCUT2D eigenvalue weighted by molar-refractivity contribution is 0.600. The van der Waals surface area contributed by atoms with Crippen molar-refractivity contribution in [1.29, 1.82) is 0 Å². The van der Waals surface area contributed by atoms with Crippen molar-refractivity contribution in [3.8, 4) is 22.6 Å². The van der Waals surface area contributed by atoms with Crippen LogP contribution in [-0.4, -0.2) is 38.5 Å². The maximum absolute atomic E-state index is 12.1. The van der Waals surface area contributed by atoms with Crippen molar-refractivity contribution in [2.75, 3.05) is 4.72 Å². The molecule has 3 aromatic heterocycles. The molecule has 0 unspecified atom stereocenters. The van der Waals surface area contributed by atoms with Crippen molar-refractivity contribution in [1.82, 2.24) is 24.8 Å². The molecule has 0 bridgehead atoms. The highest BCUT2D eigenvalue weighted by Gasteiger charge is 2.35. The molecule has 1 aliphatic carbocycles. The minimum Gasteiger partial charge on any atom is -0.283 e. The molecule has 1 N–H and O–H groups in total. The van der Waals surface area contributed by atoms with E-state index in [4.69, 9.17) is 0 Å². The van der Waals surface area contributed by atoms with E-state index in [1.165, 1.54) is 0 Å². The predicted molar refractivity (Wildman–Crippen MR) is 105 cm³/mol. The van der Waals surface area contributed by atoms with Crippen molar-refractivity contribution >= 4 is 21.4 Å². The van der Waals surface area contributed by atoms with Gasteiger partial charge < -0.3 is 0 Å². The highest BCUT2D eigenvalue weighted by molar-refractivity contribution is 7.93. The van der Waals surface area contributed by atoms with Gasteiger partial charge >= 0.3 is 0 Å². The zero-order chi connectivity index (χ0) is 19.1. The maximum atomic E-state index is 12.1. The summed E-state index contributed by atoms with van der Waals surface area (Å²) >= 11 is 0. The summed E-state index contributed by atoms with van der Waals surface area (Å²) < 4.78 is 28.4. The predicted octanol–water partition coefficient (Wildman–Crippen LogP) is 2.76. The molecule has 1 fully saturated rings.